The second kappa shape index (κ2) is 14.6. The summed E-state index contributed by atoms with van der Waals surface area (Å²) in [7, 11) is 6.77. The Morgan fingerprint density at radius 2 is 1.35 bits per heavy atom. The number of rotatable bonds is 6. The summed E-state index contributed by atoms with van der Waals surface area (Å²) >= 11 is 8.36. The van der Waals surface area contributed by atoms with E-state index in [1.807, 2.05) is 0 Å². The van der Waals surface area contributed by atoms with Crippen LogP contribution in [0.25, 0.3) is 9.81 Å². The van der Waals surface area contributed by atoms with Gasteiger partial charge in [0, 0.05) is 20.3 Å². The smallest absolute Gasteiger partial charge is 0.181 e. The molecule has 0 radical (unpaired) electrons. The third-order valence-electron chi connectivity index (χ3n) is 9.35. The summed E-state index contributed by atoms with van der Waals surface area (Å²) in [5.74, 6) is 5.02. The van der Waals surface area contributed by atoms with Gasteiger partial charge in [0.15, 0.2) is 34.5 Å². The zero-order valence-corrected chi connectivity index (χ0v) is 34.8. The Morgan fingerprint density at radius 1 is 0.745 bits per heavy atom. The molecule has 5 aliphatic heterocycles. The second-order valence-corrected chi connectivity index (χ2v) is 19.4. The molecular formula is C37H46O9S5. The lowest BCUT2D eigenvalue weighted by molar-refractivity contribution is -0.0949. The summed E-state index contributed by atoms with van der Waals surface area (Å²) in [6.07, 6.45) is 0.0823. The van der Waals surface area contributed by atoms with E-state index >= 15 is 0 Å². The molecule has 2 aromatic rings. The molecule has 5 aliphatic rings. The van der Waals surface area contributed by atoms with E-state index in [2.05, 4.69) is 41.5 Å². The van der Waals surface area contributed by atoms with Gasteiger partial charge in [-0.05, 0) is 17.8 Å². The molecule has 278 valence electrons. The summed E-state index contributed by atoms with van der Waals surface area (Å²) in [5, 5.41) is 11.3. The van der Waals surface area contributed by atoms with Gasteiger partial charge in [0.25, 0.3) is 0 Å². The van der Waals surface area contributed by atoms with E-state index in [4.69, 9.17) is 37.9 Å². The van der Waals surface area contributed by atoms with E-state index in [-0.39, 0.29) is 34.0 Å². The summed E-state index contributed by atoms with van der Waals surface area (Å²) < 4.78 is 53.7. The molecule has 4 unspecified atom stereocenters. The van der Waals surface area contributed by atoms with Crippen LogP contribution in [0.1, 0.15) is 48.0 Å². The zero-order valence-electron chi connectivity index (χ0n) is 30.7. The van der Waals surface area contributed by atoms with Crippen molar-refractivity contribution in [2.75, 3.05) is 54.9 Å². The van der Waals surface area contributed by atoms with Crippen molar-refractivity contribution in [1.29, 1.82) is 0 Å². The van der Waals surface area contributed by atoms with Crippen molar-refractivity contribution in [3.05, 3.63) is 50.8 Å². The summed E-state index contributed by atoms with van der Waals surface area (Å²) in [6.45, 7) is 14.9. The van der Waals surface area contributed by atoms with Crippen molar-refractivity contribution in [2.45, 2.75) is 70.7 Å². The topological polar surface area (TPSA) is 94.1 Å². The number of hydrogen-bond acceptors (Lipinski definition) is 14. The lowest BCUT2D eigenvalue weighted by Crippen LogP contribution is -2.36. The van der Waals surface area contributed by atoms with E-state index < -0.39 is 0 Å². The normalized spacial score (nSPS) is 29.3. The quantitative estimate of drug-likeness (QED) is 0.314. The minimum absolute atomic E-state index is 0.00135. The maximum Gasteiger partial charge on any atom is 0.181 e. The molecule has 7 heterocycles. The zero-order chi connectivity index (χ0) is 36.4. The SMILES string of the molecule is CCC1=C(O)C(C(C)C)S/C1=c1/s/c(=c2/s/c(=C3/S/C(=C4/SC(C(C)(C)C)C(OC)=C4OC)C4OCCOC34)c(OC)c2OC)c2c1OCCO2. The minimum atomic E-state index is -0.333. The first-order valence-corrected chi connectivity index (χ1v) is 21.3. The number of thioether (sulfide) groups is 3. The maximum atomic E-state index is 11.2. The van der Waals surface area contributed by atoms with Crippen LogP contribution in [0.15, 0.2) is 32.7 Å². The first-order valence-electron chi connectivity index (χ1n) is 17.1. The molecule has 0 aliphatic carbocycles. The van der Waals surface area contributed by atoms with Gasteiger partial charge in [-0.25, -0.2) is 0 Å². The van der Waals surface area contributed by atoms with Crippen molar-refractivity contribution in [3.63, 3.8) is 0 Å². The number of hydrogen-bond donors (Lipinski definition) is 1. The van der Waals surface area contributed by atoms with Gasteiger partial charge in [-0.15, -0.1) is 46.2 Å². The molecule has 2 aromatic heterocycles. The van der Waals surface area contributed by atoms with Crippen LogP contribution in [0, 0.1) is 20.4 Å². The molecule has 2 fully saturated rings. The van der Waals surface area contributed by atoms with Crippen LogP contribution in [0.2, 0.25) is 0 Å². The van der Waals surface area contributed by atoms with Crippen LogP contribution in [0.3, 0.4) is 0 Å². The molecule has 0 saturated carbocycles. The molecule has 14 heteroatoms. The van der Waals surface area contributed by atoms with E-state index in [1.54, 1.807) is 86.4 Å². The third-order valence-corrected chi connectivity index (χ3v) is 17.1. The summed E-state index contributed by atoms with van der Waals surface area (Å²) in [5.41, 5.74) is 0.904. The van der Waals surface area contributed by atoms with E-state index in [0.29, 0.717) is 49.4 Å². The number of thiophene rings is 2. The molecule has 9 nitrogen and oxygen atoms in total. The molecule has 51 heavy (non-hydrogen) atoms. The first kappa shape index (κ1) is 37.3. The first-order chi connectivity index (χ1) is 24.5. The summed E-state index contributed by atoms with van der Waals surface area (Å²) in [6, 6.07) is 0. The third kappa shape index (κ3) is 6.18. The maximum absolute atomic E-state index is 11.2. The standard InChI is InChI=1S/C37H46O9S5/c1-11-17-18(38)27(16(2)3)47-28(17)32-22-23(44-13-12-43-22)33(49-32)29-19(39-7)20(40-8)30(48-29)34-24-25(46-15-14-45-24)35(50-34)31-21(41-9)26(42-10)36(51-31)37(4,5)6/h16,24-25,27,36,38H,11-15H2,1-10H3/b32-28+,33-29+,34-30+,35-31+. The second-order valence-electron chi connectivity index (χ2n) is 14.0. The van der Waals surface area contributed by atoms with Crippen LogP contribution < -0.4 is 28.0 Å². The Hall–Kier alpha value is -2.07. The monoisotopic (exact) mass is 794 g/mol. The highest BCUT2D eigenvalue weighted by Gasteiger charge is 2.48. The highest BCUT2D eigenvalue weighted by molar-refractivity contribution is 8.13. The minimum Gasteiger partial charge on any atom is -0.511 e. The average molecular weight is 795 g/mol. The van der Waals surface area contributed by atoms with E-state index in [0.717, 1.165) is 67.0 Å². The molecule has 2 saturated heterocycles. The van der Waals surface area contributed by atoms with Crippen molar-refractivity contribution in [3.8, 4) is 23.0 Å². The van der Waals surface area contributed by atoms with E-state index in [9.17, 15) is 5.11 Å². The number of ether oxygens (including phenoxy) is 8. The fourth-order valence-corrected chi connectivity index (χ4v) is 14.3. The molecule has 0 bridgehead atoms. The molecule has 7 rings (SSSR count). The predicted octanol–water partition coefficient (Wildman–Crippen LogP) is 7.50. The fraction of sp³-hybridized carbons (Fsp3) is 0.568. The highest BCUT2D eigenvalue weighted by atomic mass is 32.2. The summed E-state index contributed by atoms with van der Waals surface area (Å²) in [4.78, 5) is 4.14. The van der Waals surface area contributed by atoms with Crippen molar-refractivity contribution in [2.24, 2.45) is 11.3 Å². The Bertz CT molecular complexity index is 2030. The van der Waals surface area contributed by atoms with Crippen LogP contribution >= 0.6 is 58.0 Å². The van der Waals surface area contributed by atoms with Gasteiger partial charge in [-0.3, -0.25) is 0 Å². The van der Waals surface area contributed by atoms with Crippen LogP contribution in [-0.2, 0) is 18.9 Å². The van der Waals surface area contributed by atoms with Gasteiger partial charge in [0.05, 0.1) is 75.2 Å². The molecule has 0 aromatic carbocycles. The van der Waals surface area contributed by atoms with Crippen LogP contribution in [0.5, 0.6) is 23.0 Å². The Kier molecular flexibility index (Phi) is 10.7. The van der Waals surface area contributed by atoms with Gasteiger partial charge in [0.2, 0.25) is 0 Å². The largest absolute Gasteiger partial charge is 0.511 e. The molecule has 1 N–H and O–H groups in total. The van der Waals surface area contributed by atoms with Crippen molar-refractivity contribution >= 4 is 67.8 Å². The number of aliphatic hydroxyl groups excluding tert-OH is 1. The molecule has 0 spiro atoms. The van der Waals surface area contributed by atoms with Crippen LogP contribution in [0.4, 0.5) is 0 Å². The number of fused-ring (bicyclic) bond motifs is 2. The van der Waals surface area contributed by atoms with E-state index in [1.165, 1.54) is 0 Å². The Morgan fingerprint density at radius 3 is 1.92 bits per heavy atom. The molecule has 0 amide bonds. The van der Waals surface area contributed by atoms with Crippen molar-refractivity contribution in [1.82, 2.24) is 0 Å². The fourth-order valence-electron chi connectivity index (χ4n) is 6.98. The van der Waals surface area contributed by atoms with Crippen LogP contribution in [-0.4, -0.2) is 82.7 Å². The molecule has 4 atom stereocenters. The number of methoxy groups -OCH3 is 4. The highest BCUT2D eigenvalue weighted by Crippen LogP contribution is 2.58. The van der Waals surface area contributed by atoms with Gasteiger partial charge in [0.1, 0.15) is 31.2 Å². The molecular weight excluding hydrogens is 749 g/mol. The van der Waals surface area contributed by atoms with Crippen molar-refractivity contribution < 1.29 is 43.0 Å². The lowest BCUT2D eigenvalue weighted by atomic mass is 9.90. The van der Waals surface area contributed by atoms with Gasteiger partial charge >= 0.3 is 0 Å². The number of aliphatic hydroxyl groups is 1. The predicted molar refractivity (Wildman–Crippen MR) is 209 cm³/mol. The Balaban J connectivity index is 1.50. The van der Waals surface area contributed by atoms with Gasteiger partial charge < -0.3 is 43.0 Å². The van der Waals surface area contributed by atoms with Gasteiger partial charge in [-0.2, -0.15) is 0 Å². The lowest BCUT2D eigenvalue weighted by Gasteiger charge is -2.28. The Labute approximate surface area is 319 Å². The average Bonchev–Trinajstić information content (AvgIpc) is 3.92. The van der Waals surface area contributed by atoms with Gasteiger partial charge in [-0.1, -0.05) is 53.3 Å².